The lowest BCUT2D eigenvalue weighted by Gasteiger charge is -2.11. The van der Waals surface area contributed by atoms with E-state index in [0.717, 1.165) is 28.1 Å². The second kappa shape index (κ2) is 7.78. The Bertz CT molecular complexity index is 1630. The molecule has 0 spiro atoms. The van der Waals surface area contributed by atoms with Crippen molar-refractivity contribution in [2.45, 2.75) is 0 Å². The van der Waals surface area contributed by atoms with E-state index in [9.17, 15) is 5.26 Å². The number of nitrogens with zero attached hydrogens (tertiary/aromatic N) is 3. The van der Waals surface area contributed by atoms with Gasteiger partial charge in [-0.3, -0.25) is 0 Å². The summed E-state index contributed by atoms with van der Waals surface area (Å²) in [5.41, 5.74) is 7.98. The Morgan fingerprint density at radius 1 is 0.576 bits per heavy atom. The number of aromatic nitrogens is 2. The van der Waals surface area contributed by atoms with Crippen molar-refractivity contribution < 1.29 is 0 Å². The molecule has 0 saturated heterocycles. The minimum absolute atomic E-state index is 0.422. The summed E-state index contributed by atoms with van der Waals surface area (Å²) in [7, 11) is 0. The molecule has 2 heterocycles. The largest absolute Gasteiger partial charge is 0.309 e. The van der Waals surface area contributed by atoms with Gasteiger partial charge in [-0.15, -0.1) is 0 Å². The standard InChI is InChI=1S/C30H19N3/c31-20-24-11-7-15-28(32-24)23-10-5-8-21(18-23)22-9-6-12-25(19-22)33-29-16-3-1-13-26(29)27-14-2-4-17-30(27)33/h1-19H. The highest BCUT2D eigenvalue weighted by molar-refractivity contribution is 6.09. The van der Waals surface area contributed by atoms with Crippen LogP contribution >= 0.6 is 0 Å². The second-order valence-electron chi connectivity index (χ2n) is 8.02. The molecule has 154 valence electrons. The van der Waals surface area contributed by atoms with E-state index >= 15 is 0 Å². The first-order valence-corrected chi connectivity index (χ1v) is 10.9. The maximum Gasteiger partial charge on any atom is 0.141 e. The third-order valence-electron chi connectivity index (χ3n) is 6.04. The number of para-hydroxylation sites is 2. The zero-order valence-corrected chi connectivity index (χ0v) is 17.8. The Morgan fingerprint density at radius 3 is 1.91 bits per heavy atom. The normalized spacial score (nSPS) is 11.0. The van der Waals surface area contributed by atoms with Gasteiger partial charge in [0.25, 0.3) is 0 Å². The SMILES string of the molecule is N#Cc1cccc(-c2cccc(-c3cccc(-n4c5ccccc5c5ccccc54)c3)c2)n1. The lowest BCUT2D eigenvalue weighted by molar-refractivity contribution is 1.18. The number of hydrogen-bond acceptors (Lipinski definition) is 2. The molecule has 6 rings (SSSR count). The molecule has 0 aliphatic rings. The minimum Gasteiger partial charge on any atom is -0.309 e. The molecule has 3 nitrogen and oxygen atoms in total. The minimum atomic E-state index is 0.422. The average Bonchev–Trinajstić information content (AvgIpc) is 3.23. The van der Waals surface area contributed by atoms with Crippen LogP contribution in [-0.2, 0) is 0 Å². The lowest BCUT2D eigenvalue weighted by Crippen LogP contribution is -1.94. The number of rotatable bonds is 3. The van der Waals surface area contributed by atoms with Crippen LogP contribution in [0.25, 0.3) is 49.9 Å². The van der Waals surface area contributed by atoms with Crippen LogP contribution in [0, 0.1) is 11.3 Å². The molecular weight excluding hydrogens is 402 g/mol. The maximum absolute atomic E-state index is 9.20. The molecule has 0 aliphatic carbocycles. The average molecular weight is 422 g/mol. The van der Waals surface area contributed by atoms with Gasteiger partial charge in [0.05, 0.1) is 16.7 Å². The first-order valence-electron chi connectivity index (χ1n) is 10.9. The summed E-state index contributed by atoms with van der Waals surface area (Å²) in [6.07, 6.45) is 0. The molecule has 33 heavy (non-hydrogen) atoms. The molecule has 0 radical (unpaired) electrons. The van der Waals surface area contributed by atoms with Gasteiger partial charge in [-0.1, -0.05) is 72.8 Å². The molecule has 0 N–H and O–H groups in total. The fraction of sp³-hybridized carbons (Fsp3) is 0. The van der Waals surface area contributed by atoms with Crippen LogP contribution in [0.15, 0.2) is 115 Å². The van der Waals surface area contributed by atoms with Crippen molar-refractivity contribution in [2.24, 2.45) is 0 Å². The van der Waals surface area contributed by atoms with Crippen LogP contribution < -0.4 is 0 Å². The van der Waals surface area contributed by atoms with Gasteiger partial charge in [0, 0.05) is 22.0 Å². The monoisotopic (exact) mass is 421 g/mol. The zero-order chi connectivity index (χ0) is 22.2. The molecule has 6 aromatic rings. The number of benzene rings is 4. The van der Waals surface area contributed by atoms with Gasteiger partial charge >= 0.3 is 0 Å². The Kier molecular flexibility index (Phi) is 4.49. The highest BCUT2D eigenvalue weighted by Gasteiger charge is 2.12. The van der Waals surface area contributed by atoms with Crippen molar-refractivity contribution in [3.05, 3.63) is 121 Å². The van der Waals surface area contributed by atoms with Crippen LogP contribution in [0.1, 0.15) is 5.69 Å². The lowest BCUT2D eigenvalue weighted by atomic mass is 10.0. The van der Waals surface area contributed by atoms with Crippen LogP contribution in [0.2, 0.25) is 0 Å². The van der Waals surface area contributed by atoms with Gasteiger partial charge in [0.1, 0.15) is 11.8 Å². The summed E-state index contributed by atoms with van der Waals surface area (Å²) < 4.78 is 2.33. The summed E-state index contributed by atoms with van der Waals surface area (Å²) in [5.74, 6) is 0. The molecule has 0 amide bonds. The molecule has 3 heteroatoms. The van der Waals surface area contributed by atoms with Gasteiger partial charge < -0.3 is 4.57 Å². The maximum atomic E-state index is 9.20. The molecule has 0 unspecified atom stereocenters. The van der Waals surface area contributed by atoms with Gasteiger partial charge in [-0.05, 0) is 53.6 Å². The topological polar surface area (TPSA) is 41.6 Å². The second-order valence-corrected chi connectivity index (χ2v) is 8.02. The van der Waals surface area contributed by atoms with E-state index in [2.05, 4.69) is 101 Å². The first-order chi connectivity index (χ1) is 16.3. The fourth-order valence-electron chi connectivity index (χ4n) is 4.54. The summed E-state index contributed by atoms with van der Waals surface area (Å²) in [4.78, 5) is 4.46. The smallest absolute Gasteiger partial charge is 0.141 e. The summed E-state index contributed by atoms with van der Waals surface area (Å²) in [6, 6.07) is 41.7. The quantitative estimate of drug-likeness (QED) is 0.299. The van der Waals surface area contributed by atoms with E-state index in [4.69, 9.17) is 0 Å². The van der Waals surface area contributed by atoms with Crippen molar-refractivity contribution in [1.82, 2.24) is 9.55 Å². The van der Waals surface area contributed by atoms with E-state index in [0.29, 0.717) is 5.69 Å². The first kappa shape index (κ1) is 19.0. The van der Waals surface area contributed by atoms with Gasteiger partial charge in [-0.2, -0.15) is 5.26 Å². The highest BCUT2D eigenvalue weighted by Crippen LogP contribution is 2.33. The molecule has 0 saturated carbocycles. The third-order valence-corrected chi connectivity index (χ3v) is 6.04. The molecule has 0 atom stereocenters. The summed E-state index contributed by atoms with van der Waals surface area (Å²) in [6.45, 7) is 0. The van der Waals surface area contributed by atoms with Crippen LogP contribution in [0.3, 0.4) is 0 Å². The van der Waals surface area contributed by atoms with Gasteiger partial charge in [0.2, 0.25) is 0 Å². The van der Waals surface area contributed by atoms with Gasteiger partial charge in [-0.25, -0.2) is 4.98 Å². The molecular formula is C30H19N3. The van der Waals surface area contributed by atoms with Crippen molar-refractivity contribution in [3.63, 3.8) is 0 Å². The molecule has 0 bridgehead atoms. The Morgan fingerprint density at radius 2 is 1.18 bits per heavy atom. The van der Waals surface area contributed by atoms with E-state index < -0.39 is 0 Å². The third kappa shape index (κ3) is 3.26. The Balaban J connectivity index is 1.50. The predicted molar refractivity (Wildman–Crippen MR) is 134 cm³/mol. The Labute approximate surface area is 191 Å². The van der Waals surface area contributed by atoms with Crippen molar-refractivity contribution in [1.29, 1.82) is 5.26 Å². The van der Waals surface area contributed by atoms with E-state index in [1.807, 2.05) is 24.3 Å². The molecule has 2 aromatic heterocycles. The van der Waals surface area contributed by atoms with Crippen LogP contribution in [0.5, 0.6) is 0 Å². The van der Waals surface area contributed by atoms with Crippen molar-refractivity contribution in [2.75, 3.05) is 0 Å². The molecule has 4 aromatic carbocycles. The summed E-state index contributed by atoms with van der Waals surface area (Å²) in [5, 5.41) is 11.7. The van der Waals surface area contributed by atoms with Crippen molar-refractivity contribution in [3.8, 4) is 34.1 Å². The fourth-order valence-corrected chi connectivity index (χ4v) is 4.54. The predicted octanol–water partition coefficient (Wildman–Crippen LogP) is 7.38. The Hall–Kier alpha value is -4.68. The van der Waals surface area contributed by atoms with E-state index in [1.54, 1.807) is 6.07 Å². The van der Waals surface area contributed by atoms with Crippen LogP contribution in [-0.4, -0.2) is 9.55 Å². The summed E-state index contributed by atoms with van der Waals surface area (Å²) >= 11 is 0. The van der Waals surface area contributed by atoms with E-state index in [1.165, 1.54) is 21.8 Å². The number of pyridine rings is 1. The number of nitriles is 1. The van der Waals surface area contributed by atoms with Crippen LogP contribution in [0.4, 0.5) is 0 Å². The molecule has 0 fully saturated rings. The number of hydrogen-bond donors (Lipinski definition) is 0. The molecule has 0 aliphatic heterocycles. The zero-order valence-electron chi connectivity index (χ0n) is 17.8. The van der Waals surface area contributed by atoms with E-state index in [-0.39, 0.29) is 0 Å². The van der Waals surface area contributed by atoms with Gasteiger partial charge in [0.15, 0.2) is 0 Å². The highest BCUT2D eigenvalue weighted by atomic mass is 15.0. The van der Waals surface area contributed by atoms with Crippen molar-refractivity contribution >= 4 is 21.8 Å². The number of fused-ring (bicyclic) bond motifs is 3.